The van der Waals surface area contributed by atoms with Crippen molar-refractivity contribution in [1.82, 2.24) is 0 Å². The molecule has 0 unspecified atom stereocenters. The standard InChI is InChI=1S/C22H16ClNO3/c1-14(25)24-13-18-7-6-17(22(26)21-3-2-10-27-21)11-15(18)4-5-16-12-19(23)8-9-20(16)24/h2-12H,13H2,1H3. The van der Waals surface area contributed by atoms with E-state index >= 15 is 0 Å². The van der Waals surface area contributed by atoms with Gasteiger partial charge >= 0.3 is 0 Å². The smallest absolute Gasteiger partial charge is 0.228 e. The van der Waals surface area contributed by atoms with Crippen LogP contribution < -0.4 is 4.90 Å². The minimum atomic E-state index is -0.176. The number of carbonyl (C=O) groups excluding carboxylic acids is 2. The summed E-state index contributed by atoms with van der Waals surface area (Å²) in [7, 11) is 0. The van der Waals surface area contributed by atoms with Crippen LogP contribution in [0.1, 0.15) is 39.7 Å². The third-order valence-corrected chi connectivity index (χ3v) is 4.82. The quantitative estimate of drug-likeness (QED) is 0.576. The van der Waals surface area contributed by atoms with E-state index in [9.17, 15) is 9.59 Å². The maximum atomic E-state index is 12.6. The molecule has 0 saturated carbocycles. The molecule has 1 aromatic heterocycles. The molecule has 0 atom stereocenters. The second kappa shape index (κ2) is 6.89. The van der Waals surface area contributed by atoms with Crippen molar-refractivity contribution >= 4 is 41.1 Å². The third kappa shape index (κ3) is 3.32. The van der Waals surface area contributed by atoms with Crippen LogP contribution in [0.25, 0.3) is 12.2 Å². The monoisotopic (exact) mass is 377 g/mol. The fourth-order valence-electron chi connectivity index (χ4n) is 3.21. The zero-order chi connectivity index (χ0) is 19.0. The van der Waals surface area contributed by atoms with Gasteiger partial charge in [0.1, 0.15) is 0 Å². The van der Waals surface area contributed by atoms with Crippen molar-refractivity contribution in [3.8, 4) is 0 Å². The van der Waals surface area contributed by atoms with E-state index in [0.717, 1.165) is 22.4 Å². The highest BCUT2D eigenvalue weighted by molar-refractivity contribution is 6.30. The van der Waals surface area contributed by atoms with Gasteiger partial charge in [0.2, 0.25) is 11.7 Å². The Morgan fingerprint density at radius 3 is 2.59 bits per heavy atom. The van der Waals surface area contributed by atoms with Gasteiger partial charge in [0.05, 0.1) is 18.5 Å². The van der Waals surface area contributed by atoms with E-state index in [1.165, 1.54) is 13.2 Å². The number of nitrogens with zero attached hydrogens (tertiary/aromatic N) is 1. The van der Waals surface area contributed by atoms with Gasteiger partial charge in [-0.3, -0.25) is 9.59 Å². The summed E-state index contributed by atoms with van der Waals surface area (Å²) in [5.74, 6) is 0.0629. The molecule has 0 bridgehead atoms. The molecule has 0 fully saturated rings. The second-order valence-electron chi connectivity index (χ2n) is 6.36. The predicted molar refractivity (Wildman–Crippen MR) is 106 cm³/mol. The Balaban J connectivity index is 1.81. The molecular formula is C22H16ClNO3. The number of fused-ring (bicyclic) bond motifs is 2. The van der Waals surface area contributed by atoms with Crippen LogP contribution in [0.3, 0.4) is 0 Å². The van der Waals surface area contributed by atoms with Crippen molar-refractivity contribution < 1.29 is 14.0 Å². The van der Waals surface area contributed by atoms with Gasteiger partial charge in [0.15, 0.2) is 5.76 Å². The maximum Gasteiger partial charge on any atom is 0.228 e. The number of anilines is 1. The number of carbonyl (C=O) groups is 2. The minimum Gasteiger partial charge on any atom is -0.461 e. The summed E-state index contributed by atoms with van der Waals surface area (Å²) >= 11 is 6.13. The topological polar surface area (TPSA) is 50.5 Å². The van der Waals surface area contributed by atoms with Crippen molar-refractivity contribution in [2.24, 2.45) is 0 Å². The lowest BCUT2D eigenvalue weighted by Gasteiger charge is -2.26. The molecule has 1 aliphatic rings. The largest absolute Gasteiger partial charge is 0.461 e. The molecule has 4 nitrogen and oxygen atoms in total. The highest BCUT2D eigenvalue weighted by Gasteiger charge is 2.20. The van der Waals surface area contributed by atoms with Gasteiger partial charge in [0, 0.05) is 17.5 Å². The molecule has 4 rings (SSSR count). The Kier molecular flexibility index (Phi) is 4.42. The zero-order valence-corrected chi connectivity index (χ0v) is 15.4. The van der Waals surface area contributed by atoms with E-state index in [4.69, 9.17) is 16.0 Å². The van der Waals surface area contributed by atoms with Crippen molar-refractivity contribution in [2.75, 3.05) is 4.90 Å². The molecular weight excluding hydrogens is 362 g/mol. The number of ketones is 1. The van der Waals surface area contributed by atoms with Crippen LogP contribution in [-0.4, -0.2) is 11.7 Å². The van der Waals surface area contributed by atoms with Gasteiger partial charge in [-0.05, 0) is 53.1 Å². The van der Waals surface area contributed by atoms with Gasteiger partial charge in [-0.25, -0.2) is 0 Å². The lowest BCUT2D eigenvalue weighted by atomic mass is 9.97. The van der Waals surface area contributed by atoms with Crippen LogP contribution in [0.15, 0.2) is 59.2 Å². The Labute approximate surface area is 161 Å². The minimum absolute atomic E-state index is 0.0597. The van der Waals surface area contributed by atoms with E-state index in [1.54, 1.807) is 29.2 Å². The molecule has 0 aliphatic carbocycles. The highest BCUT2D eigenvalue weighted by Crippen LogP contribution is 2.31. The van der Waals surface area contributed by atoms with Gasteiger partial charge in [-0.2, -0.15) is 0 Å². The average Bonchev–Trinajstić information content (AvgIpc) is 3.17. The van der Waals surface area contributed by atoms with Gasteiger partial charge in [-0.1, -0.05) is 35.9 Å². The lowest BCUT2D eigenvalue weighted by Crippen LogP contribution is -2.29. The number of furan rings is 1. The number of hydrogen-bond acceptors (Lipinski definition) is 3. The molecule has 0 spiro atoms. The molecule has 3 aromatic rings. The van der Waals surface area contributed by atoms with Gasteiger partial charge in [0.25, 0.3) is 0 Å². The van der Waals surface area contributed by atoms with E-state index in [1.807, 2.05) is 36.4 Å². The molecule has 134 valence electrons. The molecule has 0 N–H and O–H groups in total. The number of amides is 1. The van der Waals surface area contributed by atoms with E-state index in [0.29, 0.717) is 22.9 Å². The van der Waals surface area contributed by atoms with Crippen molar-refractivity contribution in [1.29, 1.82) is 0 Å². The Morgan fingerprint density at radius 1 is 1.04 bits per heavy atom. The summed E-state index contributed by atoms with van der Waals surface area (Å²) in [6, 6.07) is 14.3. The molecule has 1 aliphatic heterocycles. The molecule has 0 radical (unpaired) electrons. The summed E-state index contributed by atoms with van der Waals surface area (Å²) in [6.07, 6.45) is 5.34. The maximum absolute atomic E-state index is 12.6. The van der Waals surface area contributed by atoms with Crippen LogP contribution in [0.5, 0.6) is 0 Å². The van der Waals surface area contributed by atoms with Gasteiger partial charge in [-0.15, -0.1) is 0 Å². The van der Waals surface area contributed by atoms with Gasteiger partial charge < -0.3 is 9.32 Å². The fraction of sp³-hybridized carbons (Fsp3) is 0.0909. The fourth-order valence-corrected chi connectivity index (χ4v) is 3.39. The van der Waals surface area contributed by atoms with Crippen LogP contribution in [0.4, 0.5) is 5.69 Å². The molecule has 2 aromatic carbocycles. The number of rotatable bonds is 2. The summed E-state index contributed by atoms with van der Waals surface area (Å²) in [6.45, 7) is 1.96. The average molecular weight is 378 g/mol. The first kappa shape index (κ1) is 17.3. The molecule has 2 heterocycles. The third-order valence-electron chi connectivity index (χ3n) is 4.58. The zero-order valence-electron chi connectivity index (χ0n) is 14.6. The Bertz CT molecular complexity index is 1070. The van der Waals surface area contributed by atoms with Crippen LogP contribution in [0, 0.1) is 0 Å². The number of hydrogen-bond donors (Lipinski definition) is 0. The Hall–Kier alpha value is -3.11. The predicted octanol–water partition coefficient (Wildman–Crippen LogP) is 5.20. The van der Waals surface area contributed by atoms with E-state index in [2.05, 4.69) is 0 Å². The second-order valence-corrected chi connectivity index (χ2v) is 6.80. The highest BCUT2D eigenvalue weighted by atomic mass is 35.5. The first-order chi connectivity index (χ1) is 13.0. The first-order valence-electron chi connectivity index (χ1n) is 8.50. The van der Waals surface area contributed by atoms with Crippen molar-refractivity contribution in [3.63, 3.8) is 0 Å². The van der Waals surface area contributed by atoms with Crippen molar-refractivity contribution in [3.05, 3.63) is 87.8 Å². The number of benzene rings is 2. The van der Waals surface area contributed by atoms with Crippen LogP contribution in [0.2, 0.25) is 5.02 Å². The molecule has 27 heavy (non-hydrogen) atoms. The number of halogens is 1. The van der Waals surface area contributed by atoms with Crippen LogP contribution in [-0.2, 0) is 11.3 Å². The summed E-state index contributed by atoms with van der Waals surface area (Å²) in [5.41, 5.74) is 4.03. The molecule has 5 heteroatoms. The summed E-state index contributed by atoms with van der Waals surface area (Å²) in [5, 5.41) is 0.601. The summed E-state index contributed by atoms with van der Waals surface area (Å²) in [4.78, 5) is 26.5. The van der Waals surface area contributed by atoms with E-state index in [-0.39, 0.29) is 11.7 Å². The van der Waals surface area contributed by atoms with E-state index < -0.39 is 0 Å². The normalized spacial score (nSPS) is 12.7. The lowest BCUT2D eigenvalue weighted by molar-refractivity contribution is -0.116. The molecule has 1 amide bonds. The van der Waals surface area contributed by atoms with Crippen molar-refractivity contribution in [2.45, 2.75) is 13.5 Å². The molecule has 0 saturated heterocycles. The first-order valence-corrected chi connectivity index (χ1v) is 8.87. The summed E-state index contributed by atoms with van der Waals surface area (Å²) < 4.78 is 5.21. The van der Waals surface area contributed by atoms with Crippen LogP contribution >= 0.6 is 11.6 Å². The SMILES string of the molecule is CC(=O)N1Cc2ccc(C(=O)c3ccco3)cc2C=Cc2cc(Cl)ccc21. The Morgan fingerprint density at radius 2 is 1.85 bits per heavy atom.